The largest absolute Gasteiger partial charge is 0.472 e. The number of carbonyl (C=O) groups excluding carboxylic acids is 3. The minimum absolute atomic E-state index is 0.0845. The van der Waals surface area contributed by atoms with E-state index in [-0.39, 0.29) is 25.9 Å². The maximum Gasteiger partial charge on any atom is 0.472 e. The number of esters is 3. The molecular weight excluding hydrogens is 880 g/mol. The molecule has 0 aromatic rings. The molecule has 0 aromatic carbocycles. The lowest BCUT2D eigenvalue weighted by Crippen LogP contribution is -2.30. The summed E-state index contributed by atoms with van der Waals surface area (Å²) in [5.74, 6) is -1.56. The summed E-state index contributed by atoms with van der Waals surface area (Å²) in [6.45, 7) is 4.37. The molecule has 390 valence electrons. The van der Waals surface area contributed by atoms with E-state index in [9.17, 15) is 28.9 Å². The Morgan fingerprint density at radius 3 is 1.29 bits per heavy atom. The van der Waals surface area contributed by atoms with Gasteiger partial charge in [-0.3, -0.25) is 23.4 Å². The lowest BCUT2D eigenvalue weighted by atomic mass is 10.1. The molecule has 0 spiro atoms. The number of allylic oxidation sites excluding steroid dienone is 14. The van der Waals surface area contributed by atoms with E-state index >= 15 is 0 Å². The van der Waals surface area contributed by atoms with Gasteiger partial charge in [-0.2, -0.15) is 0 Å². The smallest absolute Gasteiger partial charge is 0.462 e. The zero-order valence-corrected chi connectivity index (χ0v) is 43.7. The highest BCUT2D eigenvalue weighted by Crippen LogP contribution is 2.43. The van der Waals surface area contributed by atoms with Crippen LogP contribution in [0.5, 0.6) is 0 Å². The van der Waals surface area contributed by atoms with Crippen molar-refractivity contribution in [3.8, 4) is 0 Å². The molecule has 3 atom stereocenters. The molecule has 0 saturated heterocycles. The molecular formula is C56H95O11P. The van der Waals surface area contributed by atoms with Crippen molar-refractivity contribution >= 4 is 25.7 Å². The summed E-state index contributed by atoms with van der Waals surface area (Å²) >= 11 is 0. The van der Waals surface area contributed by atoms with Crippen LogP contribution in [0.2, 0.25) is 0 Å². The Bertz CT molecular complexity index is 1460. The SMILES string of the molecule is CC/C=C\C/C=C\C/C=C\C/C=C\C/C=C\CCCC(=O)OC(COC(=O)CCCCCCC/C=C\CCCCCC)COP(=O)(O)OCC(CO)OC(=O)CCCCCCC/C=C\CCCC. The molecule has 0 amide bonds. The summed E-state index contributed by atoms with van der Waals surface area (Å²) < 4.78 is 39.3. The second-order valence-electron chi connectivity index (χ2n) is 17.3. The van der Waals surface area contributed by atoms with E-state index < -0.39 is 57.8 Å². The molecule has 11 nitrogen and oxygen atoms in total. The molecule has 2 N–H and O–H groups in total. The second-order valence-corrected chi connectivity index (χ2v) is 18.8. The summed E-state index contributed by atoms with van der Waals surface area (Å²) in [6.07, 6.45) is 55.6. The minimum atomic E-state index is -4.76. The number of hydrogen-bond acceptors (Lipinski definition) is 10. The van der Waals surface area contributed by atoms with Gasteiger partial charge in [0.15, 0.2) is 6.10 Å². The van der Waals surface area contributed by atoms with Crippen molar-refractivity contribution in [3.63, 3.8) is 0 Å². The molecule has 0 aliphatic carbocycles. The third-order valence-corrected chi connectivity index (χ3v) is 11.7. The number of carbonyl (C=O) groups is 3. The molecule has 12 heteroatoms. The Morgan fingerprint density at radius 2 is 0.794 bits per heavy atom. The van der Waals surface area contributed by atoms with E-state index in [1.54, 1.807) is 0 Å². The van der Waals surface area contributed by atoms with E-state index in [4.69, 9.17) is 23.3 Å². The Kier molecular flexibility index (Phi) is 47.6. The van der Waals surface area contributed by atoms with Gasteiger partial charge in [-0.25, -0.2) is 4.57 Å². The number of phosphoric acid groups is 1. The third kappa shape index (κ3) is 47.7. The number of aliphatic hydroxyl groups excluding tert-OH is 1. The van der Waals surface area contributed by atoms with Crippen LogP contribution < -0.4 is 0 Å². The first-order valence-electron chi connectivity index (χ1n) is 26.5. The highest BCUT2D eigenvalue weighted by molar-refractivity contribution is 7.47. The Labute approximate surface area is 413 Å². The van der Waals surface area contributed by atoms with Crippen molar-refractivity contribution < 1.29 is 52.2 Å². The van der Waals surface area contributed by atoms with Gasteiger partial charge < -0.3 is 24.2 Å². The van der Waals surface area contributed by atoms with E-state index in [0.717, 1.165) is 109 Å². The standard InChI is InChI=1S/C56H95O11P/c1-4-7-10-13-16-19-22-24-25-26-27-29-32-35-38-41-44-47-56(60)67-53(49-63-54(58)45-42-39-36-33-31-28-23-20-17-14-11-8-5-2)51-65-68(61,62)64-50-52(48-57)66-55(59)46-43-40-37-34-30-21-18-15-12-9-6-3/h7,10,15-16,18-20,23-25,27,29,35,38,52-53,57H,4-6,8-9,11-14,17,21-22,26,28,30-34,36-37,39-51H2,1-3H3,(H,61,62)/b10-7-,18-15-,19-16-,23-20-,25-24-,29-27-,38-35-. The average Bonchev–Trinajstić information content (AvgIpc) is 3.32. The van der Waals surface area contributed by atoms with E-state index in [1.807, 2.05) is 12.2 Å². The zero-order chi connectivity index (χ0) is 49.9. The van der Waals surface area contributed by atoms with Gasteiger partial charge in [-0.1, -0.05) is 176 Å². The van der Waals surface area contributed by atoms with Crippen LogP contribution in [0.3, 0.4) is 0 Å². The van der Waals surface area contributed by atoms with Crippen LogP contribution in [-0.2, 0) is 42.2 Å². The fraction of sp³-hybridized carbons (Fsp3) is 0.696. The molecule has 0 aliphatic rings. The van der Waals surface area contributed by atoms with Crippen molar-refractivity contribution in [2.24, 2.45) is 0 Å². The van der Waals surface area contributed by atoms with Crippen molar-refractivity contribution in [1.82, 2.24) is 0 Å². The topological polar surface area (TPSA) is 155 Å². The molecule has 0 aliphatic heterocycles. The quantitative estimate of drug-likeness (QED) is 0.0197. The van der Waals surface area contributed by atoms with Gasteiger partial charge in [0, 0.05) is 19.3 Å². The fourth-order valence-corrected chi connectivity index (χ4v) is 7.50. The number of rotatable bonds is 48. The fourth-order valence-electron chi connectivity index (χ4n) is 6.72. The van der Waals surface area contributed by atoms with E-state index in [2.05, 4.69) is 93.7 Å². The van der Waals surface area contributed by atoms with Crippen LogP contribution in [-0.4, -0.2) is 66.5 Å². The van der Waals surface area contributed by atoms with Gasteiger partial charge >= 0.3 is 25.7 Å². The first kappa shape index (κ1) is 64.7. The van der Waals surface area contributed by atoms with Crippen LogP contribution in [0.4, 0.5) is 0 Å². The molecule has 3 unspecified atom stereocenters. The number of phosphoric ester groups is 1. The van der Waals surface area contributed by atoms with Gasteiger partial charge in [0.2, 0.25) is 0 Å². The Morgan fingerprint density at radius 1 is 0.426 bits per heavy atom. The number of ether oxygens (including phenoxy) is 3. The highest BCUT2D eigenvalue weighted by atomic mass is 31.2. The maximum absolute atomic E-state index is 12.8. The van der Waals surface area contributed by atoms with Crippen LogP contribution in [0.25, 0.3) is 0 Å². The van der Waals surface area contributed by atoms with Gasteiger partial charge in [-0.15, -0.1) is 0 Å². The normalized spacial score (nSPS) is 14.1. The first-order chi connectivity index (χ1) is 33.2. The van der Waals surface area contributed by atoms with Crippen LogP contribution in [0.15, 0.2) is 85.1 Å². The van der Waals surface area contributed by atoms with Crippen molar-refractivity contribution in [3.05, 3.63) is 85.1 Å². The van der Waals surface area contributed by atoms with Crippen LogP contribution in [0.1, 0.15) is 213 Å². The summed E-state index contributed by atoms with van der Waals surface area (Å²) in [6, 6.07) is 0. The molecule has 0 heterocycles. The van der Waals surface area contributed by atoms with Crippen LogP contribution >= 0.6 is 7.82 Å². The molecule has 0 bridgehead atoms. The number of unbranched alkanes of at least 4 members (excludes halogenated alkanes) is 17. The average molecular weight is 975 g/mol. The summed E-state index contributed by atoms with van der Waals surface area (Å²) in [4.78, 5) is 48.3. The molecule has 0 saturated carbocycles. The Hall–Kier alpha value is -3.34. The molecule has 68 heavy (non-hydrogen) atoms. The number of aliphatic hydroxyl groups is 1. The van der Waals surface area contributed by atoms with Crippen molar-refractivity contribution in [1.29, 1.82) is 0 Å². The monoisotopic (exact) mass is 975 g/mol. The highest BCUT2D eigenvalue weighted by Gasteiger charge is 2.28. The first-order valence-corrected chi connectivity index (χ1v) is 28.0. The summed E-state index contributed by atoms with van der Waals surface area (Å²) in [5.41, 5.74) is 0. The third-order valence-electron chi connectivity index (χ3n) is 10.8. The summed E-state index contributed by atoms with van der Waals surface area (Å²) in [5, 5.41) is 9.76. The zero-order valence-electron chi connectivity index (χ0n) is 42.8. The number of hydrogen-bond donors (Lipinski definition) is 2. The maximum atomic E-state index is 12.8. The van der Waals surface area contributed by atoms with E-state index in [1.165, 1.54) is 38.5 Å². The van der Waals surface area contributed by atoms with Gasteiger partial charge in [0.1, 0.15) is 12.7 Å². The lowest BCUT2D eigenvalue weighted by molar-refractivity contribution is -0.161. The lowest BCUT2D eigenvalue weighted by Gasteiger charge is -2.21. The molecule has 0 rings (SSSR count). The Balaban J connectivity index is 4.86. The molecule has 0 fully saturated rings. The molecule has 0 aromatic heterocycles. The van der Waals surface area contributed by atoms with Crippen molar-refractivity contribution in [2.75, 3.05) is 26.4 Å². The second kappa shape index (κ2) is 50.1. The van der Waals surface area contributed by atoms with Crippen molar-refractivity contribution in [2.45, 2.75) is 226 Å². The van der Waals surface area contributed by atoms with Gasteiger partial charge in [-0.05, 0) is 103 Å². The van der Waals surface area contributed by atoms with Gasteiger partial charge in [0.25, 0.3) is 0 Å². The molecule has 0 radical (unpaired) electrons. The predicted molar refractivity (Wildman–Crippen MR) is 279 cm³/mol. The summed E-state index contributed by atoms with van der Waals surface area (Å²) in [7, 11) is -4.76. The van der Waals surface area contributed by atoms with E-state index in [0.29, 0.717) is 25.7 Å². The minimum Gasteiger partial charge on any atom is -0.462 e. The predicted octanol–water partition coefficient (Wildman–Crippen LogP) is 15.1. The van der Waals surface area contributed by atoms with Gasteiger partial charge in [0.05, 0.1) is 19.8 Å². The van der Waals surface area contributed by atoms with Crippen LogP contribution in [0, 0.1) is 0 Å².